The minimum Gasteiger partial charge on any atom is -0.437 e. The first-order valence-corrected chi connectivity index (χ1v) is 7.00. The number of hydrogen-bond acceptors (Lipinski definition) is 4. The molecule has 3 nitrogen and oxygen atoms in total. The zero-order valence-corrected chi connectivity index (χ0v) is 11.9. The Bertz CT molecular complexity index is 534. The van der Waals surface area contributed by atoms with Gasteiger partial charge in [0.05, 0.1) is 5.69 Å². The molecule has 2 aromatic rings. The maximum atomic E-state index is 6.19. The molecule has 0 aliphatic carbocycles. The van der Waals surface area contributed by atoms with Crippen LogP contribution in [0.25, 0.3) is 0 Å². The third-order valence-corrected chi connectivity index (χ3v) is 3.94. The number of thioether (sulfide) groups is 1. The molecule has 1 aromatic heterocycles. The lowest BCUT2D eigenvalue weighted by molar-refractivity contribution is 0.431. The van der Waals surface area contributed by atoms with Crippen molar-refractivity contribution in [1.82, 2.24) is 4.98 Å². The van der Waals surface area contributed by atoms with E-state index in [0.717, 1.165) is 33.4 Å². The van der Waals surface area contributed by atoms with Gasteiger partial charge in [0, 0.05) is 17.3 Å². The van der Waals surface area contributed by atoms with Crippen LogP contribution in [0.15, 0.2) is 27.8 Å². The van der Waals surface area contributed by atoms with Crippen molar-refractivity contribution in [3.8, 4) is 0 Å². The summed E-state index contributed by atoms with van der Waals surface area (Å²) < 4.78 is 5.51. The molecule has 96 valence electrons. The summed E-state index contributed by atoms with van der Waals surface area (Å²) in [6.45, 7) is 4.35. The zero-order chi connectivity index (χ0) is 13.1. The second-order valence-corrected chi connectivity index (χ2v) is 5.37. The molecule has 0 saturated carbocycles. The van der Waals surface area contributed by atoms with Crippen molar-refractivity contribution in [2.24, 2.45) is 5.73 Å². The van der Waals surface area contributed by atoms with E-state index in [4.69, 9.17) is 21.8 Å². The summed E-state index contributed by atoms with van der Waals surface area (Å²) in [6, 6.07) is 5.90. The molecule has 1 aromatic carbocycles. The molecule has 0 aliphatic heterocycles. The number of aryl methyl sites for hydroxylation is 2. The van der Waals surface area contributed by atoms with Crippen molar-refractivity contribution in [2.75, 3.05) is 0 Å². The molecule has 2 rings (SSSR count). The van der Waals surface area contributed by atoms with Crippen LogP contribution in [-0.4, -0.2) is 4.98 Å². The van der Waals surface area contributed by atoms with E-state index in [1.165, 1.54) is 0 Å². The maximum absolute atomic E-state index is 6.19. The lowest BCUT2D eigenvalue weighted by atomic mass is 10.1. The van der Waals surface area contributed by atoms with E-state index >= 15 is 0 Å². The third kappa shape index (κ3) is 3.07. The quantitative estimate of drug-likeness (QED) is 0.869. The van der Waals surface area contributed by atoms with Gasteiger partial charge in [0.15, 0.2) is 0 Å². The van der Waals surface area contributed by atoms with E-state index < -0.39 is 0 Å². The highest BCUT2D eigenvalue weighted by molar-refractivity contribution is 7.98. The summed E-state index contributed by atoms with van der Waals surface area (Å²) in [5, 5.41) is 1.43. The monoisotopic (exact) mass is 282 g/mol. The molecule has 0 atom stereocenters. The fourth-order valence-corrected chi connectivity index (χ4v) is 2.74. The molecule has 18 heavy (non-hydrogen) atoms. The van der Waals surface area contributed by atoms with Crippen molar-refractivity contribution in [1.29, 1.82) is 0 Å². The minimum atomic E-state index is 0.505. The number of nitrogens with zero attached hydrogens (tertiary/aromatic N) is 1. The van der Waals surface area contributed by atoms with E-state index in [9.17, 15) is 0 Å². The molecular formula is C13H15ClN2OS. The van der Waals surface area contributed by atoms with Crippen LogP contribution in [0.5, 0.6) is 0 Å². The predicted octanol–water partition coefficient (Wildman–Crippen LogP) is 3.70. The number of halogens is 1. The van der Waals surface area contributed by atoms with E-state index in [2.05, 4.69) is 4.98 Å². The Morgan fingerprint density at radius 1 is 1.39 bits per heavy atom. The molecule has 2 N–H and O–H groups in total. The van der Waals surface area contributed by atoms with Crippen molar-refractivity contribution < 1.29 is 4.42 Å². The van der Waals surface area contributed by atoms with Gasteiger partial charge in [-0.25, -0.2) is 4.98 Å². The second-order valence-electron chi connectivity index (χ2n) is 4.04. The van der Waals surface area contributed by atoms with Gasteiger partial charge in [-0.3, -0.25) is 0 Å². The highest BCUT2D eigenvalue weighted by Crippen LogP contribution is 2.27. The molecule has 0 radical (unpaired) electrons. The van der Waals surface area contributed by atoms with Crippen LogP contribution in [0.1, 0.15) is 22.6 Å². The molecule has 0 fully saturated rings. The van der Waals surface area contributed by atoms with Gasteiger partial charge in [0.2, 0.25) is 0 Å². The van der Waals surface area contributed by atoms with Crippen LogP contribution in [-0.2, 0) is 12.3 Å². The predicted molar refractivity (Wildman–Crippen MR) is 74.9 cm³/mol. The van der Waals surface area contributed by atoms with Crippen molar-refractivity contribution >= 4 is 23.4 Å². The van der Waals surface area contributed by atoms with Gasteiger partial charge in [-0.05, 0) is 31.0 Å². The van der Waals surface area contributed by atoms with Crippen molar-refractivity contribution in [3.05, 3.63) is 45.8 Å². The van der Waals surface area contributed by atoms with Gasteiger partial charge in [-0.15, -0.1) is 0 Å². The topological polar surface area (TPSA) is 52.0 Å². The van der Waals surface area contributed by atoms with E-state index in [1.54, 1.807) is 11.8 Å². The standard InChI is InChI=1S/C13H15ClN2OS/c1-8-9(2)17-13(16-8)18-7-11-4-3-10(6-15)5-12(11)14/h3-5H,6-7,15H2,1-2H3. The van der Waals surface area contributed by atoms with Crippen molar-refractivity contribution in [2.45, 2.75) is 31.4 Å². The lowest BCUT2D eigenvalue weighted by Crippen LogP contribution is -1.96. The van der Waals surface area contributed by atoms with Crippen LogP contribution in [0.4, 0.5) is 0 Å². The molecule has 0 saturated heterocycles. The SMILES string of the molecule is Cc1nc(SCc2ccc(CN)cc2Cl)oc1C. The van der Waals surface area contributed by atoms with E-state index in [-0.39, 0.29) is 0 Å². The molecule has 5 heteroatoms. The minimum absolute atomic E-state index is 0.505. The number of hydrogen-bond donors (Lipinski definition) is 1. The summed E-state index contributed by atoms with van der Waals surface area (Å²) in [5.41, 5.74) is 8.60. The Labute approximate surface area is 116 Å². The first kappa shape index (κ1) is 13.5. The van der Waals surface area contributed by atoms with E-state index in [0.29, 0.717) is 11.8 Å². The van der Waals surface area contributed by atoms with Gasteiger partial charge >= 0.3 is 0 Å². The normalized spacial score (nSPS) is 10.9. The fourth-order valence-electron chi connectivity index (χ4n) is 1.48. The third-order valence-electron chi connectivity index (χ3n) is 2.71. The summed E-state index contributed by atoms with van der Waals surface area (Å²) in [6.07, 6.45) is 0. The highest BCUT2D eigenvalue weighted by Gasteiger charge is 2.08. The largest absolute Gasteiger partial charge is 0.437 e. The lowest BCUT2D eigenvalue weighted by Gasteiger charge is -2.04. The number of nitrogens with two attached hydrogens (primary N) is 1. The molecule has 0 aliphatic rings. The molecule has 0 bridgehead atoms. The van der Waals surface area contributed by atoms with Gasteiger partial charge in [-0.1, -0.05) is 35.5 Å². The Kier molecular flexibility index (Phi) is 4.32. The van der Waals surface area contributed by atoms with Crippen LogP contribution in [0.3, 0.4) is 0 Å². The molecule has 0 amide bonds. The van der Waals surface area contributed by atoms with Crippen molar-refractivity contribution in [3.63, 3.8) is 0 Å². The summed E-state index contributed by atoms with van der Waals surface area (Å²) in [7, 11) is 0. The fraction of sp³-hybridized carbons (Fsp3) is 0.308. The Balaban J connectivity index is 2.06. The molecule has 0 unspecified atom stereocenters. The smallest absolute Gasteiger partial charge is 0.256 e. The average molecular weight is 283 g/mol. The Hall–Kier alpha value is -0.970. The van der Waals surface area contributed by atoms with Gasteiger partial charge in [0.25, 0.3) is 5.22 Å². The van der Waals surface area contributed by atoms with E-state index in [1.807, 2.05) is 32.0 Å². The maximum Gasteiger partial charge on any atom is 0.256 e. The number of aromatic nitrogens is 1. The van der Waals surface area contributed by atoms with Crippen LogP contribution >= 0.6 is 23.4 Å². The van der Waals surface area contributed by atoms with Crippen LogP contribution < -0.4 is 5.73 Å². The molecular weight excluding hydrogens is 268 g/mol. The summed E-state index contributed by atoms with van der Waals surface area (Å²) >= 11 is 7.73. The first-order chi connectivity index (χ1) is 8.60. The van der Waals surface area contributed by atoms with Crippen LogP contribution in [0, 0.1) is 13.8 Å². The number of oxazole rings is 1. The summed E-state index contributed by atoms with van der Waals surface area (Å²) in [5.74, 6) is 1.60. The van der Waals surface area contributed by atoms with Gasteiger partial charge in [-0.2, -0.15) is 0 Å². The van der Waals surface area contributed by atoms with Crippen LogP contribution in [0.2, 0.25) is 5.02 Å². The summed E-state index contributed by atoms with van der Waals surface area (Å²) in [4.78, 5) is 4.32. The number of benzene rings is 1. The Morgan fingerprint density at radius 2 is 2.17 bits per heavy atom. The number of rotatable bonds is 4. The second kappa shape index (κ2) is 5.78. The average Bonchev–Trinajstić information content (AvgIpc) is 2.67. The molecule has 1 heterocycles. The Morgan fingerprint density at radius 3 is 2.72 bits per heavy atom. The highest BCUT2D eigenvalue weighted by atomic mass is 35.5. The zero-order valence-electron chi connectivity index (χ0n) is 10.4. The van der Waals surface area contributed by atoms with Gasteiger partial charge in [0.1, 0.15) is 5.76 Å². The molecule has 0 spiro atoms. The first-order valence-electron chi connectivity index (χ1n) is 5.64. The van der Waals surface area contributed by atoms with Gasteiger partial charge < -0.3 is 10.2 Å².